The molecule has 3 rings (SSSR count). The molecule has 0 amide bonds. The molecule has 0 radical (unpaired) electrons. The number of hydrogen-bond donors (Lipinski definition) is 2. The van der Waals surface area contributed by atoms with Crippen LogP contribution in [0.15, 0.2) is 48.7 Å². The van der Waals surface area contributed by atoms with Crippen molar-refractivity contribution in [3.63, 3.8) is 0 Å². The molecule has 0 aliphatic heterocycles. The van der Waals surface area contributed by atoms with Crippen LogP contribution in [0.4, 0.5) is 17.3 Å². The molecule has 0 fully saturated rings. The number of aromatic nitrogens is 2. The average Bonchev–Trinajstić information content (AvgIpc) is 2.53. The van der Waals surface area contributed by atoms with E-state index in [4.69, 9.17) is 6.42 Å². The zero-order valence-corrected chi connectivity index (χ0v) is 13.6. The minimum absolute atomic E-state index is 0.410. The van der Waals surface area contributed by atoms with Gasteiger partial charge in [0.25, 0.3) is 0 Å². The minimum Gasteiger partial charge on any atom is -0.324 e. The van der Waals surface area contributed by atoms with Crippen molar-refractivity contribution in [1.82, 2.24) is 9.97 Å². The molecule has 0 saturated carbocycles. The first-order valence-electron chi connectivity index (χ1n) is 7.01. The fourth-order valence-corrected chi connectivity index (χ4v) is 2.74. The van der Waals surface area contributed by atoms with Gasteiger partial charge in [0.05, 0.1) is 17.5 Å². The fourth-order valence-electron chi connectivity index (χ4n) is 2.19. The van der Waals surface area contributed by atoms with E-state index >= 15 is 0 Å². The van der Waals surface area contributed by atoms with Crippen LogP contribution in [-0.4, -0.2) is 24.6 Å². The van der Waals surface area contributed by atoms with Gasteiger partial charge in [0.2, 0.25) is 16.0 Å². The summed E-state index contributed by atoms with van der Waals surface area (Å²) in [6.45, 7) is 0. The van der Waals surface area contributed by atoms with Crippen molar-refractivity contribution in [3.8, 4) is 12.3 Å². The van der Waals surface area contributed by atoms with Crippen LogP contribution in [0, 0.1) is 12.3 Å². The highest BCUT2D eigenvalue weighted by atomic mass is 32.2. The van der Waals surface area contributed by atoms with Crippen molar-refractivity contribution < 1.29 is 8.42 Å². The molecule has 2 N–H and O–H groups in total. The van der Waals surface area contributed by atoms with E-state index in [9.17, 15) is 8.42 Å². The highest BCUT2D eigenvalue weighted by Crippen LogP contribution is 2.20. The highest BCUT2D eigenvalue weighted by molar-refractivity contribution is 7.92. The van der Waals surface area contributed by atoms with Gasteiger partial charge in [0.15, 0.2) is 0 Å². The number of rotatable bonds is 4. The standard InChI is InChI=1S/C17H14N4O2S/c1-3-12-7-8-16-13(9-12)11-18-17(20-16)19-14-5-4-6-15(10-14)21-24(2,22)23/h1,4-11,21H,2H3,(H,18,19,20). The third-order valence-corrected chi connectivity index (χ3v) is 3.77. The van der Waals surface area contributed by atoms with Crippen molar-refractivity contribution in [2.75, 3.05) is 16.3 Å². The second kappa shape index (κ2) is 6.18. The van der Waals surface area contributed by atoms with Gasteiger partial charge in [-0.3, -0.25) is 4.72 Å². The van der Waals surface area contributed by atoms with Gasteiger partial charge in [-0.15, -0.1) is 6.42 Å². The summed E-state index contributed by atoms with van der Waals surface area (Å²) in [5.41, 5.74) is 2.66. The molecule has 0 bridgehead atoms. The SMILES string of the molecule is C#Cc1ccc2nc(Nc3cccc(NS(C)(=O)=O)c3)ncc2c1. The first-order chi connectivity index (χ1) is 11.4. The molecule has 0 saturated heterocycles. The van der Waals surface area contributed by atoms with Crippen LogP contribution in [0.3, 0.4) is 0 Å². The Bertz CT molecular complexity index is 1060. The first-order valence-corrected chi connectivity index (χ1v) is 8.90. The average molecular weight is 338 g/mol. The van der Waals surface area contributed by atoms with Gasteiger partial charge >= 0.3 is 0 Å². The molecule has 0 atom stereocenters. The summed E-state index contributed by atoms with van der Waals surface area (Å²) in [4.78, 5) is 8.67. The van der Waals surface area contributed by atoms with E-state index in [0.29, 0.717) is 17.3 Å². The quantitative estimate of drug-likeness (QED) is 0.715. The maximum absolute atomic E-state index is 11.3. The van der Waals surface area contributed by atoms with Gasteiger partial charge in [-0.05, 0) is 36.4 Å². The maximum atomic E-state index is 11.3. The van der Waals surface area contributed by atoms with Crippen LogP contribution in [0.2, 0.25) is 0 Å². The second-order valence-electron chi connectivity index (χ2n) is 5.19. The van der Waals surface area contributed by atoms with E-state index < -0.39 is 10.0 Å². The molecule has 24 heavy (non-hydrogen) atoms. The lowest BCUT2D eigenvalue weighted by molar-refractivity contribution is 0.607. The Morgan fingerprint density at radius 1 is 1.12 bits per heavy atom. The first kappa shape index (κ1) is 15.8. The predicted octanol–water partition coefficient (Wildman–Crippen LogP) is 2.73. The van der Waals surface area contributed by atoms with Gasteiger partial charge in [-0.25, -0.2) is 18.4 Å². The van der Waals surface area contributed by atoms with Crippen molar-refractivity contribution in [3.05, 3.63) is 54.2 Å². The number of nitrogens with zero attached hydrogens (tertiary/aromatic N) is 2. The number of sulfonamides is 1. The van der Waals surface area contributed by atoms with E-state index in [-0.39, 0.29) is 0 Å². The molecule has 0 spiro atoms. The Hall–Kier alpha value is -3.11. The van der Waals surface area contributed by atoms with Crippen molar-refractivity contribution >= 4 is 38.2 Å². The van der Waals surface area contributed by atoms with Crippen LogP contribution in [0.25, 0.3) is 10.9 Å². The van der Waals surface area contributed by atoms with E-state index in [0.717, 1.165) is 22.7 Å². The molecular formula is C17H14N4O2S. The van der Waals surface area contributed by atoms with Crippen LogP contribution < -0.4 is 10.0 Å². The summed E-state index contributed by atoms with van der Waals surface area (Å²) in [7, 11) is -3.33. The van der Waals surface area contributed by atoms with E-state index in [1.165, 1.54) is 0 Å². The van der Waals surface area contributed by atoms with Crippen LogP contribution >= 0.6 is 0 Å². The van der Waals surface area contributed by atoms with Crippen molar-refractivity contribution in [2.24, 2.45) is 0 Å². The molecule has 0 aliphatic carbocycles. The summed E-state index contributed by atoms with van der Waals surface area (Å²) in [6, 6.07) is 12.3. The largest absolute Gasteiger partial charge is 0.324 e. The summed E-state index contributed by atoms with van der Waals surface area (Å²) >= 11 is 0. The molecule has 1 heterocycles. The molecule has 6 nitrogen and oxygen atoms in total. The smallest absolute Gasteiger partial charge is 0.229 e. The summed E-state index contributed by atoms with van der Waals surface area (Å²) in [5, 5.41) is 3.90. The lowest BCUT2D eigenvalue weighted by atomic mass is 10.1. The van der Waals surface area contributed by atoms with Crippen LogP contribution in [0.5, 0.6) is 0 Å². The minimum atomic E-state index is -3.33. The molecular weight excluding hydrogens is 324 g/mol. The zero-order chi connectivity index (χ0) is 17.2. The predicted molar refractivity (Wildman–Crippen MR) is 95.7 cm³/mol. The normalized spacial score (nSPS) is 11.0. The molecule has 0 aliphatic rings. The number of benzene rings is 2. The third-order valence-electron chi connectivity index (χ3n) is 3.17. The number of hydrogen-bond acceptors (Lipinski definition) is 5. The number of terminal acetylenes is 1. The monoisotopic (exact) mass is 338 g/mol. The Labute approximate surface area is 140 Å². The van der Waals surface area contributed by atoms with E-state index in [1.807, 2.05) is 18.2 Å². The van der Waals surface area contributed by atoms with Crippen molar-refractivity contribution in [2.45, 2.75) is 0 Å². The Kier molecular flexibility index (Phi) is 4.06. The zero-order valence-electron chi connectivity index (χ0n) is 12.8. The van der Waals surface area contributed by atoms with E-state index in [1.54, 1.807) is 30.5 Å². The molecule has 0 unspecified atom stereocenters. The lowest BCUT2D eigenvalue weighted by Crippen LogP contribution is -2.09. The Balaban J connectivity index is 1.87. The Morgan fingerprint density at radius 2 is 1.92 bits per heavy atom. The van der Waals surface area contributed by atoms with Crippen molar-refractivity contribution in [1.29, 1.82) is 0 Å². The topological polar surface area (TPSA) is 84.0 Å². The van der Waals surface area contributed by atoms with Gasteiger partial charge in [-0.1, -0.05) is 12.0 Å². The highest BCUT2D eigenvalue weighted by Gasteiger charge is 2.05. The Morgan fingerprint density at radius 3 is 2.67 bits per heavy atom. The molecule has 1 aromatic heterocycles. The van der Waals surface area contributed by atoms with Gasteiger partial charge < -0.3 is 5.32 Å². The summed E-state index contributed by atoms with van der Waals surface area (Å²) in [6.07, 6.45) is 8.16. The number of fused-ring (bicyclic) bond motifs is 1. The summed E-state index contributed by atoms with van der Waals surface area (Å²) in [5.74, 6) is 2.98. The molecule has 120 valence electrons. The maximum Gasteiger partial charge on any atom is 0.229 e. The van der Waals surface area contributed by atoms with Gasteiger partial charge in [-0.2, -0.15) is 0 Å². The van der Waals surface area contributed by atoms with Crippen LogP contribution in [-0.2, 0) is 10.0 Å². The number of anilines is 3. The number of nitrogens with one attached hydrogen (secondary N) is 2. The molecule has 7 heteroatoms. The van der Waals surface area contributed by atoms with E-state index in [2.05, 4.69) is 25.9 Å². The fraction of sp³-hybridized carbons (Fsp3) is 0.0588. The van der Waals surface area contributed by atoms with Gasteiger partial charge in [0, 0.05) is 22.8 Å². The third kappa shape index (κ3) is 3.80. The van der Waals surface area contributed by atoms with Gasteiger partial charge in [0.1, 0.15) is 0 Å². The molecule has 2 aromatic carbocycles. The molecule has 3 aromatic rings. The van der Waals surface area contributed by atoms with Crippen LogP contribution in [0.1, 0.15) is 5.56 Å². The lowest BCUT2D eigenvalue weighted by Gasteiger charge is -2.08. The second-order valence-corrected chi connectivity index (χ2v) is 6.94. The summed E-state index contributed by atoms with van der Waals surface area (Å²) < 4.78 is 25.0.